The first-order valence-electron chi connectivity index (χ1n) is 9.24. The van der Waals surface area contributed by atoms with Crippen LogP contribution in [0.3, 0.4) is 0 Å². The lowest BCUT2D eigenvalue weighted by Crippen LogP contribution is -2.26. The van der Waals surface area contributed by atoms with Crippen LogP contribution in [0.4, 0.5) is 8.78 Å². The maximum atomic E-state index is 13.2. The van der Waals surface area contributed by atoms with Crippen LogP contribution in [0.2, 0.25) is 0 Å². The lowest BCUT2D eigenvalue weighted by Gasteiger charge is -2.18. The Bertz CT molecular complexity index is 851. The van der Waals surface area contributed by atoms with E-state index in [1.54, 1.807) is 24.3 Å². The third kappa shape index (κ3) is 5.20. The second-order valence-electron chi connectivity index (χ2n) is 6.80. The maximum absolute atomic E-state index is 13.2. The fourth-order valence-corrected chi connectivity index (χ4v) is 3.27. The summed E-state index contributed by atoms with van der Waals surface area (Å²) in [5.41, 5.74) is 3.03. The van der Waals surface area contributed by atoms with Gasteiger partial charge in [-0.25, -0.2) is 8.78 Å². The molecule has 0 unspecified atom stereocenters. The van der Waals surface area contributed by atoms with Crippen LogP contribution in [-0.2, 0) is 4.79 Å². The van der Waals surface area contributed by atoms with E-state index in [-0.39, 0.29) is 17.4 Å². The number of benzene rings is 2. The average molecular weight is 367 g/mol. The maximum Gasteiger partial charge on any atom is 0.186 e. The summed E-state index contributed by atoms with van der Waals surface area (Å²) in [6.07, 6.45) is 5.34. The van der Waals surface area contributed by atoms with Crippen molar-refractivity contribution in [2.24, 2.45) is 0 Å². The molecule has 1 aliphatic rings. The molecular formula is C23H23F2NO. The molecule has 0 amide bonds. The molecule has 2 aromatic rings. The van der Waals surface area contributed by atoms with Gasteiger partial charge in [0.05, 0.1) is 0 Å². The smallest absolute Gasteiger partial charge is 0.186 e. The first kappa shape index (κ1) is 19.2. The summed E-state index contributed by atoms with van der Waals surface area (Å²) in [4.78, 5) is 15.4. The van der Waals surface area contributed by atoms with Gasteiger partial charge in [-0.2, -0.15) is 0 Å². The van der Waals surface area contributed by atoms with E-state index in [0.717, 1.165) is 30.6 Å². The number of carbonyl (C=O) groups excluding carboxylic acids is 1. The third-order valence-electron chi connectivity index (χ3n) is 4.64. The van der Waals surface area contributed by atoms with Crippen molar-refractivity contribution in [3.8, 4) is 0 Å². The lowest BCUT2D eigenvalue weighted by molar-refractivity contribution is -0.112. The first-order valence-corrected chi connectivity index (χ1v) is 9.24. The summed E-state index contributed by atoms with van der Waals surface area (Å²) in [5.74, 6) is -0.591. The molecule has 0 atom stereocenters. The number of Topliss-reactive ketones (excluding diaryl/α,β-unsaturated/α-hetero) is 1. The van der Waals surface area contributed by atoms with Gasteiger partial charge in [0.15, 0.2) is 5.78 Å². The number of likely N-dealkylation sites (tertiary alicyclic amines) is 1. The predicted octanol–water partition coefficient (Wildman–Crippen LogP) is 5.12. The molecule has 0 radical (unpaired) electrons. The Labute approximate surface area is 158 Å². The molecule has 0 saturated carbocycles. The summed E-state index contributed by atoms with van der Waals surface area (Å²) in [5, 5.41) is 0. The van der Waals surface area contributed by atoms with Gasteiger partial charge in [0.2, 0.25) is 0 Å². The predicted molar refractivity (Wildman–Crippen MR) is 105 cm³/mol. The van der Waals surface area contributed by atoms with E-state index in [1.807, 2.05) is 12.2 Å². The van der Waals surface area contributed by atoms with Gasteiger partial charge >= 0.3 is 0 Å². The highest BCUT2D eigenvalue weighted by Crippen LogP contribution is 2.23. The Balaban J connectivity index is 1.94. The van der Waals surface area contributed by atoms with Crippen molar-refractivity contribution in [2.45, 2.75) is 19.8 Å². The SMILES string of the molecule is CCCN1CC/C(=C\c2ccc(F)cc2)C(=O)/C(=C/c2ccc(F)cc2)C1. The minimum absolute atomic E-state index is 0.00209. The van der Waals surface area contributed by atoms with Crippen LogP contribution in [0.15, 0.2) is 59.7 Å². The standard InChI is InChI=1S/C23H23F2NO/c1-2-12-26-13-11-19(14-17-3-7-21(24)8-4-17)23(27)20(16-26)15-18-5-9-22(25)10-6-18/h3-10,14-15H,2,11-13,16H2,1H3/b19-14+,20-15+. The van der Waals surface area contributed by atoms with Crippen LogP contribution in [-0.4, -0.2) is 30.3 Å². The normalized spacial score (nSPS) is 18.9. The van der Waals surface area contributed by atoms with E-state index in [1.165, 1.54) is 24.3 Å². The number of ketones is 1. The molecule has 4 heteroatoms. The molecule has 2 nitrogen and oxygen atoms in total. The average Bonchev–Trinajstić information content (AvgIpc) is 2.80. The van der Waals surface area contributed by atoms with Crippen LogP contribution >= 0.6 is 0 Å². The topological polar surface area (TPSA) is 20.3 Å². The lowest BCUT2D eigenvalue weighted by atomic mass is 9.98. The highest BCUT2D eigenvalue weighted by molar-refractivity contribution is 6.13. The molecule has 1 aliphatic heterocycles. The summed E-state index contributed by atoms with van der Waals surface area (Å²) < 4.78 is 26.3. The van der Waals surface area contributed by atoms with Gasteiger partial charge in [-0.05, 0) is 66.9 Å². The van der Waals surface area contributed by atoms with E-state index < -0.39 is 0 Å². The van der Waals surface area contributed by atoms with Crippen molar-refractivity contribution in [3.63, 3.8) is 0 Å². The molecule has 0 N–H and O–H groups in total. The van der Waals surface area contributed by atoms with E-state index >= 15 is 0 Å². The summed E-state index contributed by atoms with van der Waals surface area (Å²) in [7, 11) is 0. The molecule has 0 bridgehead atoms. The van der Waals surface area contributed by atoms with Gasteiger partial charge in [-0.1, -0.05) is 31.2 Å². The minimum atomic E-state index is -0.297. The van der Waals surface area contributed by atoms with Gasteiger partial charge in [0.25, 0.3) is 0 Å². The Hall–Kier alpha value is -2.59. The molecule has 2 aromatic carbocycles. The van der Waals surface area contributed by atoms with Crippen LogP contribution in [0.1, 0.15) is 30.9 Å². The summed E-state index contributed by atoms with van der Waals surface area (Å²) in [6, 6.07) is 12.3. The van der Waals surface area contributed by atoms with E-state index in [9.17, 15) is 13.6 Å². The van der Waals surface area contributed by atoms with Crippen LogP contribution in [0.5, 0.6) is 0 Å². The Kier molecular flexibility index (Phi) is 6.30. The number of carbonyl (C=O) groups is 1. The minimum Gasteiger partial charge on any atom is -0.299 e. The third-order valence-corrected chi connectivity index (χ3v) is 4.64. The van der Waals surface area contributed by atoms with E-state index in [0.29, 0.717) is 24.1 Å². The monoisotopic (exact) mass is 367 g/mol. The molecule has 27 heavy (non-hydrogen) atoms. The Morgan fingerprint density at radius 2 is 1.41 bits per heavy atom. The van der Waals surface area contributed by atoms with Crippen molar-refractivity contribution < 1.29 is 13.6 Å². The van der Waals surface area contributed by atoms with Gasteiger partial charge < -0.3 is 0 Å². The van der Waals surface area contributed by atoms with Crippen molar-refractivity contribution in [1.82, 2.24) is 4.90 Å². The molecule has 3 rings (SSSR count). The van der Waals surface area contributed by atoms with Crippen LogP contribution < -0.4 is 0 Å². The van der Waals surface area contributed by atoms with E-state index in [2.05, 4.69) is 11.8 Å². The summed E-state index contributed by atoms with van der Waals surface area (Å²) in [6.45, 7) is 4.40. The van der Waals surface area contributed by atoms with Gasteiger partial charge in [-0.15, -0.1) is 0 Å². The van der Waals surface area contributed by atoms with Gasteiger partial charge in [0.1, 0.15) is 11.6 Å². The van der Waals surface area contributed by atoms with Gasteiger partial charge in [-0.3, -0.25) is 9.69 Å². The quantitative estimate of drug-likeness (QED) is 0.700. The second-order valence-corrected chi connectivity index (χ2v) is 6.80. The van der Waals surface area contributed by atoms with Crippen molar-refractivity contribution in [1.29, 1.82) is 0 Å². The zero-order valence-corrected chi connectivity index (χ0v) is 15.4. The molecule has 1 fully saturated rings. The Morgan fingerprint density at radius 3 is 1.93 bits per heavy atom. The second kappa shape index (κ2) is 8.87. The number of hydrogen-bond acceptors (Lipinski definition) is 2. The molecule has 140 valence electrons. The number of nitrogens with zero attached hydrogens (tertiary/aromatic N) is 1. The number of hydrogen-bond donors (Lipinski definition) is 0. The fourth-order valence-electron chi connectivity index (χ4n) is 3.27. The largest absolute Gasteiger partial charge is 0.299 e. The highest BCUT2D eigenvalue weighted by atomic mass is 19.1. The highest BCUT2D eigenvalue weighted by Gasteiger charge is 2.23. The van der Waals surface area contributed by atoms with Crippen LogP contribution in [0.25, 0.3) is 12.2 Å². The Morgan fingerprint density at radius 1 is 0.889 bits per heavy atom. The number of rotatable bonds is 4. The fraction of sp³-hybridized carbons (Fsp3) is 0.261. The van der Waals surface area contributed by atoms with E-state index in [4.69, 9.17) is 0 Å². The zero-order valence-electron chi connectivity index (χ0n) is 15.4. The molecule has 1 heterocycles. The molecule has 0 aromatic heterocycles. The van der Waals surface area contributed by atoms with Crippen LogP contribution in [0, 0.1) is 11.6 Å². The van der Waals surface area contributed by atoms with Crippen molar-refractivity contribution >= 4 is 17.9 Å². The molecular weight excluding hydrogens is 344 g/mol. The van der Waals surface area contributed by atoms with Gasteiger partial charge in [0, 0.05) is 24.2 Å². The molecule has 0 spiro atoms. The van der Waals surface area contributed by atoms with Crippen molar-refractivity contribution in [3.05, 3.63) is 82.4 Å². The summed E-state index contributed by atoms with van der Waals surface area (Å²) >= 11 is 0. The number of halogens is 2. The van der Waals surface area contributed by atoms with Crippen molar-refractivity contribution in [2.75, 3.05) is 19.6 Å². The molecule has 0 aliphatic carbocycles. The molecule has 1 saturated heterocycles. The first-order chi connectivity index (χ1) is 13.0. The zero-order chi connectivity index (χ0) is 19.2.